The summed E-state index contributed by atoms with van der Waals surface area (Å²) in [5.74, 6) is -1.27. The molecule has 0 amide bonds. The quantitative estimate of drug-likeness (QED) is 0.0288. The van der Waals surface area contributed by atoms with Crippen molar-refractivity contribution in [2.24, 2.45) is 0 Å². The van der Waals surface area contributed by atoms with Gasteiger partial charge in [-0.1, -0.05) is 244 Å². The van der Waals surface area contributed by atoms with Gasteiger partial charge in [0.15, 0.2) is 49.7 Å². The molecule has 0 spiro atoms. The molecule has 9 rings (SSSR count). The summed E-state index contributed by atoms with van der Waals surface area (Å²) < 4.78 is 109. The molecule has 3 heterocycles. The number of benzene rings is 6. The van der Waals surface area contributed by atoms with Crippen molar-refractivity contribution >= 4 is 48.7 Å². The lowest BCUT2D eigenvalue weighted by Gasteiger charge is -2.54. The third kappa shape index (κ3) is 22.4. The van der Waals surface area contributed by atoms with Crippen molar-refractivity contribution in [1.29, 1.82) is 0 Å². The first-order valence-corrected chi connectivity index (χ1v) is 45.5. The lowest BCUT2D eigenvalue weighted by atomic mass is 9.96. The van der Waals surface area contributed by atoms with Crippen LogP contribution in [0.4, 0.5) is 0 Å². The molecule has 0 saturated carbocycles. The lowest BCUT2D eigenvalue weighted by Crippen LogP contribution is -2.69. The Labute approximate surface area is 614 Å². The van der Waals surface area contributed by atoms with E-state index in [2.05, 4.69) is 102 Å². The first-order valence-electron chi connectivity index (χ1n) is 35.9. The van der Waals surface area contributed by atoms with Crippen LogP contribution < -0.4 is 0 Å². The van der Waals surface area contributed by atoms with Gasteiger partial charge in [-0.25, -0.2) is 0 Å². The van der Waals surface area contributed by atoms with E-state index < -0.39 is 128 Å². The van der Waals surface area contributed by atoms with Gasteiger partial charge >= 0.3 is 11.9 Å². The Morgan fingerprint density at radius 3 is 1.12 bits per heavy atom. The zero-order valence-corrected chi connectivity index (χ0v) is 66.8. The summed E-state index contributed by atoms with van der Waals surface area (Å²) in [4.78, 5) is 28.1. The zero-order chi connectivity index (χ0) is 73.5. The summed E-state index contributed by atoms with van der Waals surface area (Å²) in [7, 11) is -8.16. The smallest absolute Gasteiger partial charge is 0.303 e. The summed E-state index contributed by atoms with van der Waals surface area (Å²) in [5.41, 5.74) is 3.65. The second kappa shape index (κ2) is 36.4. The summed E-state index contributed by atoms with van der Waals surface area (Å²) in [5, 5.41) is -0.721. The Balaban J connectivity index is 1.21. The van der Waals surface area contributed by atoms with E-state index in [1.807, 2.05) is 182 Å². The van der Waals surface area contributed by atoms with E-state index in [4.69, 9.17) is 70.1 Å². The summed E-state index contributed by atoms with van der Waals surface area (Å²) in [6.07, 6.45) is -14.4. The molecule has 15 atom stereocenters. The summed E-state index contributed by atoms with van der Waals surface area (Å²) in [6, 6.07) is 59.2. The van der Waals surface area contributed by atoms with E-state index in [1.54, 1.807) is 0 Å². The fourth-order valence-electron chi connectivity index (χ4n) is 11.7. The number of hydrogen-bond acceptors (Lipinski definition) is 18. The van der Waals surface area contributed by atoms with Crippen molar-refractivity contribution < 1.29 is 79.7 Å². The first kappa shape index (κ1) is 80.8. The SMILES string of the molecule is CC(=O)OC1C(Sc2ccccc2)OC(COCc2ccccc2)C(OC2OC(COC3OC(COCc4ccccc4)C(O[Si](C)(C)C(C)(C)C)C(O[Si](C)(C)C(C)(C)C)C3O[Si](C)(C)C(C)(C)C)C(OCc3ccccc3)C(OCc3ccccc3)C2OCc2ccccc2)C1OC(C)=O. The number of carbonyl (C=O) groups is 2. The molecular weight excluding hydrogens is 1360 g/mol. The number of ether oxygens (including phenoxy) is 12. The van der Waals surface area contributed by atoms with Gasteiger partial charge in [0.05, 0.1) is 52.9 Å². The minimum absolute atomic E-state index is 0.0649. The Morgan fingerprint density at radius 2 is 0.696 bits per heavy atom. The molecule has 0 aliphatic carbocycles. The largest absolute Gasteiger partial charge is 0.456 e. The molecule has 6 aromatic carbocycles. The van der Waals surface area contributed by atoms with Gasteiger partial charge in [0.2, 0.25) is 0 Å². The van der Waals surface area contributed by atoms with Gasteiger partial charge in [0, 0.05) is 18.7 Å². The van der Waals surface area contributed by atoms with E-state index in [9.17, 15) is 9.59 Å². The molecule has 3 aliphatic rings. The van der Waals surface area contributed by atoms with Crippen molar-refractivity contribution in [3.05, 3.63) is 210 Å². The fraction of sp³-hybridized carbons (Fsp3) is 0.531. The molecule has 3 saturated heterocycles. The topological polar surface area (TPSA) is 173 Å². The molecule has 0 N–H and O–H groups in total. The van der Waals surface area contributed by atoms with E-state index in [0.29, 0.717) is 6.61 Å². The highest BCUT2D eigenvalue weighted by Crippen LogP contribution is 2.48. The van der Waals surface area contributed by atoms with Gasteiger partial charge in [-0.15, -0.1) is 0 Å². The van der Waals surface area contributed by atoms with Crippen molar-refractivity contribution in [1.82, 2.24) is 0 Å². The normalized spacial score (nSPS) is 26.1. The second-order valence-electron chi connectivity index (χ2n) is 31.5. The average Bonchev–Trinajstić information content (AvgIpc) is 0.765. The van der Waals surface area contributed by atoms with Crippen LogP contribution in [0.3, 0.4) is 0 Å². The molecule has 6 aromatic rings. The molecule has 3 fully saturated rings. The van der Waals surface area contributed by atoms with Crippen LogP contribution in [0.15, 0.2) is 187 Å². The standard InChI is InChI=1S/C81H112O17SSi3/c1-56(82)90-71-68(64(53-84-48-58-36-24-18-25-37-58)94-78(75(71)91-57(2)83)99-63-46-34-23-35-47-63)95-77-73(88-52-62-44-32-22-33-45-62)70(87-51-61-42-30-21-31-43-61)67(86-50-60-40-28-20-29-41-60)66(93-77)55-89-76-74(98-102(16,17)81(9,10)11)72(97-101(14,15)80(6,7)8)69(96-100(12,13)79(3,4)5)65(92-76)54-85-49-59-38-26-19-27-39-59/h18-47,64-78H,48-55H2,1-17H3. The molecule has 15 unspecified atom stereocenters. The molecule has 17 nitrogen and oxygen atoms in total. The third-order valence-corrected chi connectivity index (χ3v) is 35.0. The number of hydrogen-bond donors (Lipinski definition) is 0. The Kier molecular flexibility index (Phi) is 28.8. The van der Waals surface area contributed by atoms with E-state index >= 15 is 0 Å². The van der Waals surface area contributed by atoms with Crippen molar-refractivity contribution in [2.75, 3.05) is 19.8 Å². The van der Waals surface area contributed by atoms with Crippen LogP contribution in [0.1, 0.15) is 104 Å². The van der Waals surface area contributed by atoms with Crippen LogP contribution in [-0.2, 0) is 113 Å². The molecule has 0 radical (unpaired) electrons. The van der Waals surface area contributed by atoms with Crippen LogP contribution in [0.5, 0.6) is 0 Å². The van der Waals surface area contributed by atoms with Crippen LogP contribution >= 0.6 is 11.8 Å². The number of carbonyl (C=O) groups excluding carboxylic acids is 2. The first-order chi connectivity index (χ1) is 48.4. The predicted molar refractivity (Wildman–Crippen MR) is 404 cm³/mol. The Hall–Kier alpha value is -5.26. The maximum absolute atomic E-state index is 13.8. The number of thioether (sulfide) groups is 1. The molecular formula is C81H112O17SSi3. The second-order valence-corrected chi connectivity index (χ2v) is 46.9. The van der Waals surface area contributed by atoms with Gasteiger partial charge < -0.3 is 70.1 Å². The highest BCUT2D eigenvalue weighted by atomic mass is 32.2. The molecule has 556 valence electrons. The van der Waals surface area contributed by atoms with E-state index in [1.165, 1.54) is 25.6 Å². The highest BCUT2D eigenvalue weighted by Gasteiger charge is 2.59. The molecule has 102 heavy (non-hydrogen) atoms. The maximum atomic E-state index is 13.8. The third-order valence-electron chi connectivity index (χ3n) is 20.4. The molecule has 3 aliphatic heterocycles. The minimum atomic E-state index is -2.78. The monoisotopic (exact) mass is 1470 g/mol. The number of esters is 2. The van der Waals surface area contributed by atoms with Crippen LogP contribution in [0.2, 0.25) is 54.4 Å². The number of rotatable bonds is 32. The van der Waals surface area contributed by atoms with E-state index in [0.717, 1.165) is 32.7 Å². The Morgan fingerprint density at radius 1 is 0.353 bits per heavy atom. The maximum Gasteiger partial charge on any atom is 0.303 e. The predicted octanol–water partition coefficient (Wildman–Crippen LogP) is 16.6. The van der Waals surface area contributed by atoms with Crippen LogP contribution in [-0.4, -0.2) is 148 Å². The van der Waals surface area contributed by atoms with Crippen molar-refractivity contribution in [3.63, 3.8) is 0 Å². The van der Waals surface area contributed by atoms with Crippen molar-refractivity contribution in [3.8, 4) is 0 Å². The van der Waals surface area contributed by atoms with Crippen LogP contribution in [0, 0.1) is 0 Å². The summed E-state index contributed by atoms with van der Waals surface area (Å²) in [6.45, 7) is 37.0. The lowest BCUT2D eigenvalue weighted by molar-refractivity contribution is -0.363. The molecule has 0 aromatic heterocycles. The molecule has 21 heteroatoms. The van der Waals surface area contributed by atoms with Gasteiger partial charge in [0.1, 0.15) is 66.5 Å². The highest BCUT2D eigenvalue weighted by molar-refractivity contribution is 7.99. The summed E-state index contributed by atoms with van der Waals surface area (Å²) >= 11 is 1.33. The Bertz CT molecular complexity index is 3470. The van der Waals surface area contributed by atoms with Crippen LogP contribution in [0.25, 0.3) is 0 Å². The van der Waals surface area contributed by atoms with Crippen molar-refractivity contribution in [2.45, 2.75) is 260 Å². The van der Waals surface area contributed by atoms with Gasteiger partial charge in [-0.3, -0.25) is 9.59 Å². The minimum Gasteiger partial charge on any atom is -0.456 e. The average molecular weight is 1470 g/mol. The fourth-order valence-corrected chi connectivity index (χ4v) is 16.7. The van der Waals surface area contributed by atoms with Gasteiger partial charge in [-0.05, 0) is 94.3 Å². The molecule has 0 bridgehead atoms. The zero-order valence-electron chi connectivity index (χ0n) is 63.0. The van der Waals surface area contributed by atoms with Gasteiger partial charge in [0.25, 0.3) is 0 Å². The van der Waals surface area contributed by atoms with E-state index in [-0.39, 0.29) is 61.4 Å². The van der Waals surface area contributed by atoms with Gasteiger partial charge in [-0.2, -0.15) is 0 Å².